The van der Waals surface area contributed by atoms with E-state index in [1.807, 2.05) is 12.1 Å². The summed E-state index contributed by atoms with van der Waals surface area (Å²) in [4.78, 5) is 0. The second-order valence-corrected chi connectivity index (χ2v) is 12.6. The highest BCUT2D eigenvalue weighted by atomic mass is 32.2. The maximum absolute atomic E-state index is 14.8. The van der Waals surface area contributed by atoms with Gasteiger partial charge in [-0.2, -0.15) is 21.6 Å². The number of benzene rings is 2. The van der Waals surface area contributed by atoms with Gasteiger partial charge in [-0.3, -0.25) is 0 Å². The second-order valence-electron chi connectivity index (χ2n) is 11.1. The predicted octanol–water partition coefficient (Wildman–Crippen LogP) is 9.26. The molecule has 0 amide bonds. The Morgan fingerprint density at radius 2 is 1.51 bits per heavy atom. The molecule has 2 aromatic rings. The second kappa shape index (κ2) is 11.9. The number of alkyl halides is 3. The summed E-state index contributed by atoms with van der Waals surface area (Å²) in [6.45, 7) is 2.26. The summed E-state index contributed by atoms with van der Waals surface area (Å²) in [5.74, 6) is 0.854. The Labute approximate surface area is 218 Å². The minimum atomic E-state index is -5.93. The van der Waals surface area contributed by atoms with Gasteiger partial charge in [0.15, 0.2) is 11.6 Å². The van der Waals surface area contributed by atoms with E-state index in [0.717, 1.165) is 42.2 Å². The van der Waals surface area contributed by atoms with Gasteiger partial charge in [0.1, 0.15) is 0 Å². The van der Waals surface area contributed by atoms with Crippen molar-refractivity contribution in [2.45, 2.75) is 102 Å². The third-order valence-electron chi connectivity index (χ3n) is 8.69. The molecule has 2 aliphatic carbocycles. The molecular formula is C29H38F4O3S. The molecule has 0 bridgehead atoms. The van der Waals surface area contributed by atoms with Crippen LogP contribution >= 0.6 is 0 Å². The van der Waals surface area contributed by atoms with E-state index >= 15 is 0 Å². The molecular weight excluding hydrogens is 504 g/mol. The van der Waals surface area contributed by atoms with Crippen LogP contribution < -0.4 is 4.18 Å². The zero-order chi connectivity index (χ0) is 26.6. The standard InChI is InChI=1S/C29H38F4O3S/c1-2-3-4-5-6-20-7-9-21(10-8-20)22-11-13-23(14-12-22)24-15-17-26-25(19-24)16-18-27(28(26)30)36-37(34,35)29(31,32)33/h15-23H,2-14H2,1H3. The maximum atomic E-state index is 14.8. The van der Waals surface area contributed by atoms with Gasteiger partial charge in [-0.1, -0.05) is 76.1 Å². The highest BCUT2D eigenvalue weighted by Gasteiger charge is 2.49. The number of halogens is 4. The van der Waals surface area contributed by atoms with Crippen molar-refractivity contribution in [3.05, 3.63) is 41.7 Å². The molecule has 0 unspecified atom stereocenters. The summed E-state index contributed by atoms with van der Waals surface area (Å²) >= 11 is 0. The summed E-state index contributed by atoms with van der Waals surface area (Å²) in [5, 5.41) is 0.560. The monoisotopic (exact) mass is 542 g/mol. The van der Waals surface area contributed by atoms with Crippen molar-refractivity contribution in [3.63, 3.8) is 0 Å². The van der Waals surface area contributed by atoms with E-state index in [9.17, 15) is 26.0 Å². The molecule has 0 heterocycles. The van der Waals surface area contributed by atoms with Gasteiger partial charge in [0, 0.05) is 5.39 Å². The molecule has 206 valence electrons. The van der Waals surface area contributed by atoms with Gasteiger partial charge in [-0.15, -0.1) is 0 Å². The summed E-state index contributed by atoms with van der Waals surface area (Å²) < 4.78 is 79.2. The molecule has 4 rings (SSSR count). The molecule has 2 aliphatic rings. The van der Waals surface area contributed by atoms with Crippen LogP contribution in [0.5, 0.6) is 5.75 Å². The largest absolute Gasteiger partial charge is 0.534 e. The van der Waals surface area contributed by atoms with Crippen molar-refractivity contribution in [2.75, 3.05) is 0 Å². The minimum Gasteiger partial charge on any atom is -0.373 e. The first kappa shape index (κ1) is 28.2. The van der Waals surface area contributed by atoms with Crippen LogP contribution in [0, 0.1) is 23.6 Å². The Hall–Kier alpha value is -1.83. The minimum absolute atomic E-state index is 0.0405. The lowest BCUT2D eigenvalue weighted by atomic mass is 9.68. The molecule has 2 saturated carbocycles. The number of unbranched alkanes of at least 4 members (excludes halogenated alkanes) is 3. The van der Waals surface area contributed by atoms with Crippen molar-refractivity contribution in [1.82, 2.24) is 0 Å². The smallest absolute Gasteiger partial charge is 0.373 e. The molecule has 37 heavy (non-hydrogen) atoms. The van der Waals surface area contributed by atoms with Crippen molar-refractivity contribution in [3.8, 4) is 5.75 Å². The van der Waals surface area contributed by atoms with E-state index in [2.05, 4.69) is 11.1 Å². The summed E-state index contributed by atoms with van der Waals surface area (Å²) in [5.41, 5.74) is -4.53. The lowest BCUT2D eigenvalue weighted by Gasteiger charge is -2.38. The Balaban J connectivity index is 1.32. The SMILES string of the molecule is CCCCCCC1CCC(C2CCC(c3ccc4c(F)c(OS(=O)(=O)C(F)(F)F)ccc4c3)CC2)CC1. The summed E-state index contributed by atoms with van der Waals surface area (Å²) in [6.07, 6.45) is 16.8. The van der Waals surface area contributed by atoms with Crippen LogP contribution in [0.15, 0.2) is 30.3 Å². The van der Waals surface area contributed by atoms with E-state index in [-0.39, 0.29) is 5.39 Å². The molecule has 2 aromatic carbocycles. The van der Waals surface area contributed by atoms with Gasteiger partial charge in [0.25, 0.3) is 0 Å². The lowest BCUT2D eigenvalue weighted by Crippen LogP contribution is -2.28. The van der Waals surface area contributed by atoms with Crippen molar-refractivity contribution in [1.29, 1.82) is 0 Å². The molecule has 3 nitrogen and oxygen atoms in total. The molecule has 0 N–H and O–H groups in total. The fourth-order valence-corrected chi connectivity index (χ4v) is 6.97. The molecule has 0 aliphatic heterocycles. The number of hydrogen-bond donors (Lipinski definition) is 0. The van der Waals surface area contributed by atoms with Crippen molar-refractivity contribution < 1.29 is 30.2 Å². The van der Waals surface area contributed by atoms with Crippen LogP contribution in [0.2, 0.25) is 0 Å². The lowest BCUT2D eigenvalue weighted by molar-refractivity contribution is -0.0500. The molecule has 0 spiro atoms. The first-order valence-electron chi connectivity index (χ1n) is 13.8. The third kappa shape index (κ3) is 6.79. The van der Waals surface area contributed by atoms with Gasteiger partial charge in [0.05, 0.1) is 0 Å². The molecule has 2 fully saturated rings. The van der Waals surface area contributed by atoms with Crippen LogP contribution in [-0.2, 0) is 10.1 Å². The van der Waals surface area contributed by atoms with E-state index in [4.69, 9.17) is 0 Å². The first-order valence-corrected chi connectivity index (χ1v) is 15.2. The molecule has 0 saturated heterocycles. The van der Waals surface area contributed by atoms with Gasteiger partial charge in [0.2, 0.25) is 0 Å². The zero-order valence-corrected chi connectivity index (χ0v) is 22.3. The van der Waals surface area contributed by atoms with Gasteiger partial charge >= 0.3 is 15.6 Å². The normalized spacial score (nSPS) is 25.3. The van der Waals surface area contributed by atoms with Crippen LogP contribution in [0.1, 0.15) is 102 Å². The van der Waals surface area contributed by atoms with Crippen LogP contribution in [0.4, 0.5) is 17.6 Å². The quantitative estimate of drug-likeness (QED) is 0.137. The highest BCUT2D eigenvalue weighted by molar-refractivity contribution is 7.88. The highest BCUT2D eigenvalue weighted by Crippen LogP contribution is 2.45. The summed E-state index contributed by atoms with van der Waals surface area (Å²) in [7, 11) is -5.93. The van der Waals surface area contributed by atoms with E-state index in [1.165, 1.54) is 82.8 Å². The van der Waals surface area contributed by atoms with E-state index in [1.54, 1.807) is 0 Å². The number of fused-ring (bicyclic) bond motifs is 1. The van der Waals surface area contributed by atoms with Crippen LogP contribution in [-0.4, -0.2) is 13.9 Å². The average Bonchev–Trinajstić information content (AvgIpc) is 2.88. The van der Waals surface area contributed by atoms with E-state index < -0.39 is 27.2 Å². The molecule has 0 aromatic heterocycles. The summed E-state index contributed by atoms with van der Waals surface area (Å²) in [6, 6.07) is 7.55. The average molecular weight is 543 g/mol. The van der Waals surface area contributed by atoms with Crippen LogP contribution in [0.3, 0.4) is 0 Å². The topological polar surface area (TPSA) is 43.4 Å². The molecule has 0 radical (unpaired) electrons. The van der Waals surface area contributed by atoms with Crippen molar-refractivity contribution in [2.24, 2.45) is 17.8 Å². The predicted molar refractivity (Wildman–Crippen MR) is 138 cm³/mol. The van der Waals surface area contributed by atoms with Gasteiger partial charge in [-0.25, -0.2) is 4.39 Å². The van der Waals surface area contributed by atoms with Crippen LogP contribution in [0.25, 0.3) is 10.8 Å². The Morgan fingerprint density at radius 3 is 2.14 bits per heavy atom. The fraction of sp³-hybridized carbons (Fsp3) is 0.655. The Kier molecular flexibility index (Phi) is 9.08. The molecule has 8 heteroatoms. The number of rotatable bonds is 9. The van der Waals surface area contributed by atoms with E-state index in [0.29, 0.717) is 11.3 Å². The Morgan fingerprint density at radius 1 is 0.865 bits per heavy atom. The fourth-order valence-electron chi connectivity index (χ4n) is 6.51. The zero-order valence-electron chi connectivity index (χ0n) is 21.5. The number of hydrogen-bond acceptors (Lipinski definition) is 3. The first-order chi connectivity index (χ1) is 17.6. The van der Waals surface area contributed by atoms with Gasteiger partial charge in [-0.05, 0) is 79.2 Å². The Bertz CT molecular complexity index is 1150. The third-order valence-corrected chi connectivity index (χ3v) is 9.66. The van der Waals surface area contributed by atoms with Crippen molar-refractivity contribution >= 4 is 20.9 Å². The van der Waals surface area contributed by atoms with Gasteiger partial charge < -0.3 is 4.18 Å². The maximum Gasteiger partial charge on any atom is 0.534 e. The molecule has 0 atom stereocenters.